The Bertz CT molecular complexity index is 142. The molecule has 1 aliphatic rings. The summed E-state index contributed by atoms with van der Waals surface area (Å²) in [5, 5.41) is 8.99. The van der Waals surface area contributed by atoms with Gasteiger partial charge in [0.25, 0.3) is 0 Å². The number of nitrogens with zero attached hydrogens (tertiary/aromatic N) is 1. The van der Waals surface area contributed by atoms with Crippen LogP contribution >= 0.6 is 0 Å². The topological polar surface area (TPSA) is 23.2 Å². The molecule has 9 heavy (non-hydrogen) atoms. The predicted octanol–water partition coefficient (Wildman–Crippen LogP) is 0.363. The van der Waals surface area contributed by atoms with Crippen LogP contribution in [0.1, 0.15) is 0 Å². The lowest BCUT2D eigenvalue weighted by molar-refractivity contribution is 0.202. The van der Waals surface area contributed by atoms with E-state index in [0.29, 0.717) is 6.54 Å². The molecule has 1 N–H and O–H groups in total. The van der Waals surface area contributed by atoms with Gasteiger partial charge < -0.3 is 10.0 Å². The van der Waals surface area contributed by atoms with Gasteiger partial charge in [-0.2, -0.15) is 0 Å². The molecular formula is C7H11NO. The normalized spacial score (nSPS) is 19.7. The Morgan fingerprint density at radius 2 is 2.44 bits per heavy atom. The van der Waals surface area contributed by atoms with Crippen molar-refractivity contribution in [3.8, 4) is 0 Å². The van der Waals surface area contributed by atoms with E-state index in [2.05, 4.69) is 13.2 Å². The van der Waals surface area contributed by atoms with Gasteiger partial charge in [-0.25, -0.2) is 0 Å². The zero-order valence-electron chi connectivity index (χ0n) is 5.38. The summed E-state index contributed by atoms with van der Waals surface area (Å²) < 4.78 is 0. The standard InChI is InChI=1S/C7H11NO/c1-3-7(9)5-8-4-6(8)2/h3,7,9H,1-2,4-5H2. The lowest BCUT2D eigenvalue weighted by Gasteiger charge is -2.03. The smallest absolute Gasteiger partial charge is 0.0893 e. The largest absolute Gasteiger partial charge is 0.387 e. The quantitative estimate of drug-likeness (QED) is 0.435. The van der Waals surface area contributed by atoms with Crippen LogP contribution in [0.2, 0.25) is 0 Å². The van der Waals surface area contributed by atoms with Gasteiger partial charge in [-0.15, -0.1) is 6.58 Å². The Labute approximate surface area is 55.1 Å². The van der Waals surface area contributed by atoms with Crippen molar-refractivity contribution in [2.75, 3.05) is 13.1 Å². The van der Waals surface area contributed by atoms with Crippen molar-refractivity contribution in [3.63, 3.8) is 0 Å². The van der Waals surface area contributed by atoms with E-state index in [1.54, 1.807) is 0 Å². The number of β-amino-alcohol motifs (C(OH)–C–C–N with tert-alkyl or cyclic N) is 1. The van der Waals surface area contributed by atoms with Crippen LogP contribution in [0.4, 0.5) is 0 Å². The maximum Gasteiger partial charge on any atom is 0.0893 e. The first-order valence-electron chi connectivity index (χ1n) is 2.97. The summed E-state index contributed by atoms with van der Waals surface area (Å²) in [5.74, 6) is 0. The highest BCUT2D eigenvalue weighted by Gasteiger charge is 2.23. The zero-order chi connectivity index (χ0) is 6.85. The van der Waals surface area contributed by atoms with E-state index in [-0.39, 0.29) is 0 Å². The van der Waals surface area contributed by atoms with Gasteiger partial charge in [-0.05, 0) is 0 Å². The average molecular weight is 125 g/mol. The van der Waals surface area contributed by atoms with Gasteiger partial charge in [0.15, 0.2) is 0 Å². The van der Waals surface area contributed by atoms with Gasteiger partial charge in [0, 0.05) is 12.2 Å². The fourth-order valence-corrected chi connectivity index (χ4v) is 0.679. The highest BCUT2D eigenvalue weighted by Crippen LogP contribution is 2.18. The first-order chi connectivity index (χ1) is 4.24. The maximum absolute atomic E-state index is 8.99. The summed E-state index contributed by atoms with van der Waals surface area (Å²) in [6.07, 6.45) is 1.13. The molecule has 1 heterocycles. The lowest BCUT2D eigenvalue weighted by atomic mass is 10.3. The summed E-state index contributed by atoms with van der Waals surface area (Å²) in [6.45, 7) is 8.77. The molecule has 2 heteroatoms. The van der Waals surface area contributed by atoms with Crippen LogP contribution in [0.25, 0.3) is 0 Å². The molecule has 0 aliphatic carbocycles. The van der Waals surface area contributed by atoms with Crippen LogP contribution in [-0.2, 0) is 0 Å². The molecular weight excluding hydrogens is 114 g/mol. The second kappa shape index (κ2) is 2.23. The van der Waals surface area contributed by atoms with E-state index in [4.69, 9.17) is 5.11 Å². The van der Waals surface area contributed by atoms with E-state index in [1.165, 1.54) is 6.08 Å². The molecule has 0 aromatic rings. The van der Waals surface area contributed by atoms with Crippen molar-refractivity contribution >= 4 is 0 Å². The first kappa shape index (κ1) is 6.36. The molecule has 1 rings (SSSR count). The predicted molar refractivity (Wildman–Crippen MR) is 36.9 cm³/mol. The molecule has 1 saturated heterocycles. The fourth-order valence-electron chi connectivity index (χ4n) is 0.679. The molecule has 0 saturated carbocycles. The molecule has 1 aliphatic heterocycles. The summed E-state index contributed by atoms with van der Waals surface area (Å²) in [7, 11) is 0. The second-order valence-corrected chi connectivity index (χ2v) is 2.25. The Kier molecular flexibility index (Phi) is 1.58. The van der Waals surface area contributed by atoms with E-state index < -0.39 is 6.10 Å². The highest BCUT2D eigenvalue weighted by atomic mass is 16.3. The van der Waals surface area contributed by atoms with Crippen LogP contribution < -0.4 is 0 Å². The van der Waals surface area contributed by atoms with E-state index >= 15 is 0 Å². The van der Waals surface area contributed by atoms with Crippen molar-refractivity contribution in [2.45, 2.75) is 6.10 Å². The van der Waals surface area contributed by atoms with Crippen molar-refractivity contribution in [2.24, 2.45) is 0 Å². The van der Waals surface area contributed by atoms with Crippen LogP contribution in [-0.4, -0.2) is 29.2 Å². The van der Waals surface area contributed by atoms with E-state index in [1.807, 2.05) is 4.90 Å². The maximum atomic E-state index is 8.99. The Morgan fingerprint density at radius 1 is 1.89 bits per heavy atom. The first-order valence-corrected chi connectivity index (χ1v) is 2.97. The minimum atomic E-state index is -0.399. The lowest BCUT2D eigenvalue weighted by Crippen LogP contribution is -2.15. The van der Waals surface area contributed by atoms with Crippen LogP contribution in [0.15, 0.2) is 24.9 Å². The molecule has 1 unspecified atom stereocenters. The van der Waals surface area contributed by atoms with Crippen molar-refractivity contribution in [1.29, 1.82) is 0 Å². The Hall–Kier alpha value is -0.760. The molecule has 0 aromatic heterocycles. The molecule has 1 fully saturated rings. The van der Waals surface area contributed by atoms with Crippen molar-refractivity contribution in [3.05, 3.63) is 24.9 Å². The summed E-state index contributed by atoms with van der Waals surface area (Å²) >= 11 is 0. The third-order valence-electron chi connectivity index (χ3n) is 1.40. The van der Waals surface area contributed by atoms with Gasteiger partial charge in [-0.1, -0.05) is 12.7 Å². The molecule has 0 bridgehead atoms. The van der Waals surface area contributed by atoms with Crippen molar-refractivity contribution in [1.82, 2.24) is 4.90 Å². The monoisotopic (exact) mass is 125 g/mol. The Morgan fingerprint density at radius 3 is 2.78 bits per heavy atom. The molecule has 0 amide bonds. The van der Waals surface area contributed by atoms with Crippen LogP contribution in [0.5, 0.6) is 0 Å². The minimum absolute atomic E-state index is 0.399. The molecule has 0 spiro atoms. The SMILES string of the molecule is C=CC(O)CN1CC1=C. The molecule has 1 atom stereocenters. The third-order valence-corrected chi connectivity index (χ3v) is 1.40. The molecule has 2 nitrogen and oxygen atoms in total. The molecule has 0 aromatic carbocycles. The van der Waals surface area contributed by atoms with Crippen molar-refractivity contribution < 1.29 is 5.11 Å². The second-order valence-electron chi connectivity index (χ2n) is 2.25. The van der Waals surface area contributed by atoms with Gasteiger partial charge in [-0.3, -0.25) is 0 Å². The fraction of sp³-hybridized carbons (Fsp3) is 0.429. The van der Waals surface area contributed by atoms with E-state index in [0.717, 1.165) is 12.2 Å². The van der Waals surface area contributed by atoms with Crippen LogP contribution in [0.3, 0.4) is 0 Å². The summed E-state index contributed by atoms with van der Waals surface area (Å²) in [5.41, 5.74) is 1.11. The van der Waals surface area contributed by atoms with Gasteiger partial charge in [0.1, 0.15) is 0 Å². The van der Waals surface area contributed by atoms with Gasteiger partial charge in [0.2, 0.25) is 0 Å². The zero-order valence-corrected chi connectivity index (χ0v) is 5.38. The summed E-state index contributed by atoms with van der Waals surface area (Å²) in [6, 6.07) is 0. The number of aliphatic hydroxyl groups is 1. The van der Waals surface area contributed by atoms with Gasteiger partial charge >= 0.3 is 0 Å². The Balaban J connectivity index is 2.18. The number of hydrogen-bond donors (Lipinski definition) is 1. The number of aliphatic hydroxyl groups excluding tert-OH is 1. The minimum Gasteiger partial charge on any atom is -0.387 e. The highest BCUT2D eigenvalue weighted by molar-refractivity contribution is 5.13. The molecule has 50 valence electrons. The average Bonchev–Trinajstić information content (AvgIpc) is 2.47. The number of hydrogen-bond acceptors (Lipinski definition) is 2. The van der Waals surface area contributed by atoms with Crippen LogP contribution in [0, 0.1) is 0 Å². The van der Waals surface area contributed by atoms with Gasteiger partial charge in [0.05, 0.1) is 12.6 Å². The van der Waals surface area contributed by atoms with E-state index in [9.17, 15) is 0 Å². The number of rotatable bonds is 3. The molecule has 0 radical (unpaired) electrons. The summed E-state index contributed by atoms with van der Waals surface area (Å²) in [4.78, 5) is 2.01. The third kappa shape index (κ3) is 1.57.